The van der Waals surface area contributed by atoms with Gasteiger partial charge in [-0.2, -0.15) is 13.2 Å². The fraction of sp³-hybridized carbons (Fsp3) is 0.412. The van der Waals surface area contributed by atoms with E-state index in [9.17, 15) is 18.0 Å². The molecule has 1 atom stereocenters. The molecule has 10 heteroatoms. The van der Waals surface area contributed by atoms with Crippen molar-refractivity contribution >= 4 is 11.7 Å². The second kappa shape index (κ2) is 8.19. The lowest BCUT2D eigenvalue weighted by Crippen LogP contribution is -2.40. The predicted molar refractivity (Wildman–Crippen MR) is 90.1 cm³/mol. The Hall–Kier alpha value is -2.91. The molecule has 2 aromatic heterocycles. The molecule has 3 heterocycles. The minimum atomic E-state index is -4.66. The number of hydrogen-bond donors (Lipinski definition) is 1. The van der Waals surface area contributed by atoms with Crippen molar-refractivity contribution < 1.29 is 22.7 Å². The zero-order chi connectivity index (χ0) is 19.3. The highest BCUT2D eigenvalue weighted by Crippen LogP contribution is 2.32. The molecular weight excluding hydrogens is 363 g/mol. The Balaban J connectivity index is 1.56. The Morgan fingerprint density at radius 2 is 2.00 bits per heavy atom. The normalized spacial score (nSPS) is 15.4. The van der Waals surface area contributed by atoms with Crippen LogP contribution in [0.2, 0.25) is 0 Å². The molecule has 0 bridgehead atoms. The summed E-state index contributed by atoms with van der Waals surface area (Å²) in [5, 5.41) is 9.79. The summed E-state index contributed by atoms with van der Waals surface area (Å²) in [5.74, 6) is -0.150. The lowest BCUT2D eigenvalue weighted by Gasteiger charge is -2.21. The van der Waals surface area contributed by atoms with E-state index >= 15 is 0 Å². The number of alkyl halides is 3. The highest BCUT2D eigenvalue weighted by atomic mass is 19.4. The quantitative estimate of drug-likeness (QED) is 0.827. The molecule has 144 valence electrons. The van der Waals surface area contributed by atoms with Gasteiger partial charge in [0.25, 0.3) is 5.91 Å². The summed E-state index contributed by atoms with van der Waals surface area (Å²) in [6.45, 7) is 1.21. The number of rotatable bonds is 6. The molecule has 7 nitrogen and oxygen atoms in total. The maximum atomic E-state index is 13.2. The Morgan fingerprint density at radius 1 is 1.22 bits per heavy atom. The molecule has 27 heavy (non-hydrogen) atoms. The summed E-state index contributed by atoms with van der Waals surface area (Å²) >= 11 is 0. The molecule has 0 spiro atoms. The van der Waals surface area contributed by atoms with Gasteiger partial charge in [0.2, 0.25) is 5.88 Å². The smallest absolute Gasteiger partial charge is 0.412 e. The van der Waals surface area contributed by atoms with E-state index in [1.54, 1.807) is 6.07 Å². The summed E-state index contributed by atoms with van der Waals surface area (Å²) in [6.07, 6.45) is -0.0567. The molecule has 3 rings (SSSR count). The first kappa shape index (κ1) is 18.9. The van der Waals surface area contributed by atoms with Crippen LogP contribution < -0.4 is 15.0 Å². The van der Waals surface area contributed by atoms with Crippen LogP contribution in [0.25, 0.3) is 0 Å². The van der Waals surface area contributed by atoms with Gasteiger partial charge in [-0.05, 0) is 25.0 Å². The molecule has 1 N–H and O–H groups in total. The number of hydrogen-bond acceptors (Lipinski definition) is 6. The van der Waals surface area contributed by atoms with Gasteiger partial charge in [-0.15, -0.1) is 10.2 Å². The number of carbonyl (C=O) groups is 1. The number of anilines is 1. The highest BCUT2D eigenvalue weighted by Gasteiger charge is 2.42. The minimum absolute atomic E-state index is 0.0676. The van der Waals surface area contributed by atoms with Gasteiger partial charge in [-0.3, -0.25) is 9.78 Å². The van der Waals surface area contributed by atoms with Crippen LogP contribution in [-0.2, 0) is 4.79 Å². The third-order valence-electron chi connectivity index (χ3n) is 4.06. The van der Waals surface area contributed by atoms with Crippen LogP contribution in [0, 0.1) is 0 Å². The summed E-state index contributed by atoms with van der Waals surface area (Å²) < 4.78 is 44.8. The first-order valence-corrected chi connectivity index (χ1v) is 8.41. The van der Waals surface area contributed by atoms with E-state index in [0.29, 0.717) is 5.82 Å². The van der Waals surface area contributed by atoms with Crippen molar-refractivity contribution in [2.24, 2.45) is 0 Å². The minimum Gasteiger partial charge on any atom is -0.466 e. The van der Waals surface area contributed by atoms with Gasteiger partial charge in [0.05, 0.1) is 0 Å². The molecule has 0 saturated carbocycles. The number of amides is 1. The Kier molecular flexibility index (Phi) is 5.72. The van der Waals surface area contributed by atoms with Crippen molar-refractivity contribution in [1.29, 1.82) is 0 Å². The standard InChI is InChI=1S/C17H18F3N5O2/c18-17(19,20)16(12-4-3-7-21-10-12)22-14(26)11-27-15-6-5-13(23-24-15)25-8-1-2-9-25/h3-7,10,16H,1-2,8-9,11H2,(H,22,26)/t16-/m1/s1. The molecule has 2 aromatic rings. The van der Waals surface area contributed by atoms with Crippen molar-refractivity contribution in [3.63, 3.8) is 0 Å². The maximum absolute atomic E-state index is 13.2. The van der Waals surface area contributed by atoms with Crippen LogP contribution in [-0.4, -0.2) is 47.0 Å². The van der Waals surface area contributed by atoms with E-state index in [2.05, 4.69) is 20.1 Å². The van der Waals surface area contributed by atoms with Gasteiger partial charge in [-0.25, -0.2) is 0 Å². The molecule has 1 fully saturated rings. The second-order valence-corrected chi connectivity index (χ2v) is 6.04. The van der Waals surface area contributed by atoms with Crippen LogP contribution in [0.15, 0.2) is 36.7 Å². The molecule has 0 unspecified atom stereocenters. The number of nitrogens with one attached hydrogen (secondary N) is 1. The topological polar surface area (TPSA) is 80.2 Å². The number of aromatic nitrogens is 3. The van der Waals surface area contributed by atoms with Gasteiger partial charge < -0.3 is 15.0 Å². The third-order valence-corrected chi connectivity index (χ3v) is 4.06. The number of pyridine rings is 1. The SMILES string of the molecule is O=C(COc1ccc(N2CCCC2)nn1)N[C@H](c1cccnc1)C(F)(F)F. The summed E-state index contributed by atoms with van der Waals surface area (Å²) in [7, 11) is 0. The molecule has 1 aliphatic rings. The van der Waals surface area contributed by atoms with Gasteiger partial charge in [0.1, 0.15) is 0 Å². The van der Waals surface area contributed by atoms with Crippen molar-refractivity contribution in [2.75, 3.05) is 24.6 Å². The molecule has 1 saturated heterocycles. The molecule has 0 aromatic carbocycles. The fourth-order valence-electron chi connectivity index (χ4n) is 2.75. The molecule has 0 radical (unpaired) electrons. The van der Waals surface area contributed by atoms with Gasteiger partial charge in [-0.1, -0.05) is 6.07 Å². The highest BCUT2D eigenvalue weighted by molar-refractivity contribution is 5.78. The average molecular weight is 381 g/mol. The zero-order valence-electron chi connectivity index (χ0n) is 14.3. The second-order valence-electron chi connectivity index (χ2n) is 6.04. The fourth-order valence-corrected chi connectivity index (χ4v) is 2.75. The molecule has 0 aliphatic carbocycles. The number of nitrogens with zero attached hydrogens (tertiary/aromatic N) is 4. The number of halogens is 3. The van der Waals surface area contributed by atoms with Gasteiger partial charge >= 0.3 is 6.18 Å². The Morgan fingerprint density at radius 3 is 2.59 bits per heavy atom. The molecular formula is C17H18F3N5O2. The summed E-state index contributed by atoms with van der Waals surface area (Å²) in [6, 6.07) is 3.70. The third kappa shape index (κ3) is 5.05. The summed E-state index contributed by atoms with van der Waals surface area (Å²) in [5.41, 5.74) is -0.159. The van der Waals surface area contributed by atoms with E-state index in [4.69, 9.17) is 4.74 Å². The van der Waals surface area contributed by atoms with Crippen molar-refractivity contribution in [2.45, 2.75) is 25.1 Å². The lowest BCUT2D eigenvalue weighted by atomic mass is 10.1. The molecule has 1 aliphatic heterocycles. The van der Waals surface area contributed by atoms with E-state index in [1.807, 2.05) is 5.32 Å². The first-order chi connectivity index (χ1) is 12.9. The average Bonchev–Trinajstić information content (AvgIpc) is 3.19. The first-order valence-electron chi connectivity index (χ1n) is 8.41. The maximum Gasteiger partial charge on any atom is 0.412 e. The van der Waals surface area contributed by atoms with E-state index in [0.717, 1.165) is 32.1 Å². The predicted octanol–water partition coefficient (Wildman–Crippen LogP) is 2.27. The monoisotopic (exact) mass is 381 g/mol. The lowest BCUT2D eigenvalue weighted by molar-refractivity contribution is -0.164. The van der Waals surface area contributed by atoms with E-state index < -0.39 is 24.7 Å². The van der Waals surface area contributed by atoms with E-state index in [-0.39, 0.29) is 11.4 Å². The molecule has 1 amide bonds. The van der Waals surface area contributed by atoms with Crippen LogP contribution >= 0.6 is 0 Å². The number of ether oxygens (including phenoxy) is 1. The van der Waals surface area contributed by atoms with Crippen LogP contribution in [0.1, 0.15) is 24.4 Å². The van der Waals surface area contributed by atoms with Crippen molar-refractivity contribution in [3.05, 3.63) is 42.2 Å². The Labute approximate surface area is 153 Å². The van der Waals surface area contributed by atoms with Crippen LogP contribution in [0.5, 0.6) is 5.88 Å². The zero-order valence-corrected chi connectivity index (χ0v) is 14.3. The summed E-state index contributed by atoms with van der Waals surface area (Å²) in [4.78, 5) is 17.6. The van der Waals surface area contributed by atoms with Gasteiger partial charge in [0, 0.05) is 37.1 Å². The number of carbonyl (C=O) groups excluding carboxylic acids is 1. The van der Waals surface area contributed by atoms with Crippen LogP contribution in [0.3, 0.4) is 0 Å². The Bertz CT molecular complexity index is 749. The van der Waals surface area contributed by atoms with Crippen LogP contribution in [0.4, 0.5) is 19.0 Å². The van der Waals surface area contributed by atoms with Crippen molar-refractivity contribution in [1.82, 2.24) is 20.5 Å². The van der Waals surface area contributed by atoms with Crippen molar-refractivity contribution in [3.8, 4) is 5.88 Å². The van der Waals surface area contributed by atoms with Gasteiger partial charge in [0.15, 0.2) is 18.5 Å². The largest absolute Gasteiger partial charge is 0.466 e. The van der Waals surface area contributed by atoms with E-state index in [1.165, 1.54) is 24.4 Å².